The van der Waals surface area contributed by atoms with Crippen LogP contribution in [-0.2, 0) is 4.79 Å². The molecule has 3 nitrogen and oxygen atoms in total. The lowest BCUT2D eigenvalue weighted by atomic mass is 10.3. The molecule has 0 heterocycles. The van der Waals surface area contributed by atoms with E-state index in [1.54, 1.807) is 11.2 Å². The zero-order chi connectivity index (χ0) is 9.78. The van der Waals surface area contributed by atoms with Crippen molar-refractivity contribution < 1.29 is 23.1 Å². The molecule has 2 N–H and O–H groups in total. The summed E-state index contributed by atoms with van der Waals surface area (Å²) in [5.41, 5.74) is 0. The standard InChI is InChI=1S/C6H6F3NO2/c1-2-5(12)10-3-4(11)6(7,8)9/h1,4,11H,3H2,(H,10,12)/t4-/m0/s1. The van der Waals surface area contributed by atoms with E-state index in [0.29, 0.717) is 0 Å². The molecule has 0 saturated heterocycles. The van der Waals surface area contributed by atoms with Crippen molar-refractivity contribution in [2.45, 2.75) is 12.3 Å². The molecule has 0 saturated carbocycles. The zero-order valence-corrected chi connectivity index (χ0v) is 5.85. The maximum atomic E-state index is 11.6. The first-order valence-corrected chi connectivity index (χ1v) is 2.87. The van der Waals surface area contributed by atoms with Crippen LogP contribution in [0.2, 0.25) is 0 Å². The Morgan fingerprint density at radius 1 is 1.67 bits per heavy atom. The molecule has 0 rings (SSSR count). The van der Waals surface area contributed by atoms with Gasteiger partial charge in [0.25, 0.3) is 5.91 Å². The van der Waals surface area contributed by atoms with Crippen LogP contribution in [0, 0.1) is 12.3 Å². The quantitative estimate of drug-likeness (QED) is 0.572. The lowest BCUT2D eigenvalue weighted by Gasteiger charge is -2.13. The molecule has 68 valence electrons. The van der Waals surface area contributed by atoms with Crippen LogP contribution < -0.4 is 5.32 Å². The molecule has 1 atom stereocenters. The molecule has 0 aliphatic rings. The SMILES string of the molecule is C#CC(=O)NC[C@H](O)C(F)(F)F. The van der Waals surface area contributed by atoms with Crippen molar-refractivity contribution in [3.8, 4) is 12.3 Å². The fraction of sp³-hybridized carbons (Fsp3) is 0.500. The number of aliphatic hydroxyl groups excluding tert-OH is 1. The lowest BCUT2D eigenvalue weighted by molar-refractivity contribution is -0.201. The Balaban J connectivity index is 3.82. The van der Waals surface area contributed by atoms with Crippen LogP contribution in [0.5, 0.6) is 0 Å². The lowest BCUT2D eigenvalue weighted by Crippen LogP contribution is -2.40. The summed E-state index contributed by atoms with van der Waals surface area (Å²) in [7, 11) is 0. The number of carbonyl (C=O) groups is 1. The zero-order valence-electron chi connectivity index (χ0n) is 5.85. The fourth-order valence-corrected chi connectivity index (χ4v) is 0.356. The first-order chi connectivity index (χ1) is 5.38. The van der Waals surface area contributed by atoms with Gasteiger partial charge in [0, 0.05) is 0 Å². The van der Waals surface area contributed by atoms with E-state index in [4.69, 9.17) is 5.11 Å². The molecule has 0 bridgehead atoms. The molecule has 0 aliphatic carbocycles. The second-order valence-electron chi connectivity index (χ2n) is 1.91. The summed E-state index contributed by atoms with van der Waals surface area (Å²) in [6.45, 7) is -0.924. The van der Waals surface area contributed by atoms with Crippen LogP contribution in [0.3, 0.4) is 0 Å². The van der Waals surface area contributed by atoms with Crippen molar-refractivity contribution >= 4 is 5.91 Å². The smallest absolute Gasteiger partial charge is 0.382 e. The minimum atomic E-state index is -4.73. The minimum Gasteiger partial charge on any atom is -0.382 e. The van der Waals surface area contributed by atoms with E-state index in [-0.39, 0.29) is 0 Å². The van der Waals surface area contributed by atoms with E-state index < -0.39 is 24.7 Å². The van der Waals surface area contributed by atoms with Crippen molar-refractivity contribution in [1.82, 2.24) is 5.32 Å². The molecule has 6 heteroatoms. The topological polar surface area (TPSA) is 49.3 Å². The van der Waals surface area contributed by atoms with Crippen molar-refractivity contribution in [3.05, 3.63) is 0 Å². The third kappa shape index (κ3) is 3.83. The monoisotopic (exact) mass is 181 g/mol. The van der Waals surface area contributed by atoms with E-state index in [9.17, 15) is 18.0 Å². The van der Waals surface area contributed by atoms with Gasteiger partial charge in [0.15, 0.2) is 6.10 Å². The van der Waals surface area contributed by atoms with E-state index in [2.05, 4.69) is 6.42 Å². The number of hydrogen-bond acceptors (Lipinski definition) is 2. The summed E-state index contributed by atoms with van der Waals surface area (Å²) < 4.78 is 34.7. The average Bonchev–Trinajstić information content (AvgIpc) is 1.97. The first-order valence-electron chi connectivity index (χ1n) is 2.87. The van der Waals surface area contributed by atoms with Gasteiger partial charge in [-0.15, -0.1) is 6.42 Å². The number of amides is 1. The fourth-order valence-electron chi connectivity index (χ4n) is 0.356. The maximum absolute atomic E-state index is 11.6. The minimum absolute atomic E-state index is 0.924. The van der Waals surface area contributed by atoms with Gasteiger partial charge in [0.2, 0.25) is 0 Å². The molecular formula is C6H6F3NO2. The highest BCUT2D eigenvalue weighted by Gasteiger charge is 2.37. The van der Waals surface area contributed by atoms with Gasteiger partial charge in [-0.1, -0.05) is 0 Å². The van der Waals surface area contributed by atoms with Gasteiger partial charge < -0.3 is 10.4 Å². The number of rotatable bonds is 2. The van der Waals surface area contributed by atoms with Gasteiger partial charge in [-0.25, -0.2) is 0 Å². The number of nitrogens with one attached hydrogen (secondary N) is 1. The predicted octanol–water partition coefficient (Wildman–Crippen LogP) is -0.341. The van der Waals surface area contributed by atoms with Crippen molar-refractivity contribution in [2.75, 3.05) is 6.54 Å². The third-order valence-electron chi connectivity index (χ3n) is 0.965. The molecule has 0 unspecified atom stereocenters. The molecule has 0 fully saturated rings. The maximum Gasteiger partial charge on any atom is 0.416 e. The highest BCUT2D eigenvalue weighted by Crippen LogP contribution is 2.18. The average molecular weight is 181 g/mol. The van der Waals surface area contributed by atoms with Gasteiger partial charge in [-0.2, -0.15) is 13.2 Å². The van der Waals surface area contributed by atoms with E-state index in [1.165, 1.54) is 0 Å². The number of alkyl halides is 3. The van der Waals surface area contributed by atoms with E-state index in [0.717, 1.165) is 0 Å². The van der Waals surface area contributed by atoms with Gasteiger partial charge in [0.1, 0.15) is 0 Å². The van der Waals surface area contributed by atoms with Gasteiger partial charge in [-0.05, 0) is 5.92 Å². The molecular weight excluding hydrogens is 175 g/mol. The Morgan fingerprint density at radius 3 is 2.50 bits per heavy atom. The van der Waals surface area contributed by atoms with Crippen LogP contribution in [-0.4, -0.2) is 29.8 Å². The van der Waals surface area contributed by atoms with Crippen LogP contribution >= 0.6 is 0 Å². The Kier molecular flexibility index (Phi) is 3.57. The number of aliphatic hydroxyl groups is 1. The summed E-state index contributed by atoms with van der Waals surface area (Å²) in [5.74, 6) is 0.556. The van der Waals surface area contributed by atoms with E-state index in [1.807, 2.05) is 0 Å². The first kappa shape index (κ1) is 10.8. The molecule has 0 aromatic carbocycles. The molecule has 0 aliphatic heterocycles. The third-order valence-corrected chi connectivity index (χ3v) is 0.965. The van der Waals surface area contributed by atoms with Crippen LogP contribution in [0.1, 0.15) is 0 Å². The summed E-state index contributed by atoms with van der Waals surface area (Å²) in [5, 5.41) is 10.0. The van der Waals surface area contributed by atoms with Crippen LogP contribution in [0.15, 0.2) is 0 Å². The number of halogens is 3. The highest BCUT2D eigenvalue weighted by atomic mass is 19.4. The molecule has 0 spiro atoms. The van der Waals surface area contributed by atoms with Crippen molar-refractivity contribution in [2.24, 2.45) is 0 Å². The number of hydrogen-bond donors (Lipinski definition) is 2. The Hall–Kier alpha value is -1.22. The van der Waals surface area contributed by atoms with Gasteiger partial charge in [0.05, 0.1) is 6.54 Å². The molecule has 12 heavy (non-hydrogen) atoms. The second kappa shape index (κ2) is 3.97. The number of carbonyl (C=O) groups excluding carboxylic acids is 1. The summed E-state index contributed by atoms with van der Waals surface area (Å²) in [6.07, 6.45) is -2.77. The molecule has 0 aromatic heterocycles. The Labute approximate surface area is 66.6 Å². The van der Waals surface area contributed by atoms with Crippen LogP contribution in [0.25, 0.3) is 0 Å². The summed E-state index contributed by atoms with van der Waals surface area (Å²) >= 11 is 0. The molecule has 0 aromatic rings. The van der Waals surface area contributed by atoms with Gasteiger partial charge in [-0.3, -0.25) is 4.79 Å². The molecule has 0 radical (unpaired) electrons. The van der Waals surface area contributed by atoms with Gasteiger partial charge >= 0.3 is 6.18 Å². The number of terminal acetylenes is 1. The highest BCUT2D eigenvalue weighted by molar-refractivity contribution is 5.92. The Bertz CT molecular complexity index is 206. The summed E-state index contributed by atoms with van der Waals surface area (Å²) in [4.78, 5) is 10.2. The largest absolute Gasteiger partial charge is 0.416 e. The Morgan fingerprint density at radius 2 is 2.17 bits per heavy atom. The second-order valence-corrected chi connectivity index (χ2v) is 1.91. The predicted molar refractivity (Wildman–Crippen MR) is 33.9 cm³/mol. The van der Waals surface area contributed by atoms with Crippen molar-refractivity contribution in [1.29, 1.82) is 0 Å². The van der Waals surface area contributed by atoms with Crippen molar-refractivity contribution in [3.63, 3.8) is 0 Å². The summed E-state index contributed by atoms with van der Waals surface area (Å²) in [6, 6.07) is 0. The normalized spacial score (nSPS) is 13.2. The van der Waals surface area contributed by atoms with Crippen LogP contribution in [0.4, 0.5) is 13.2 Å². The van der Waals surface area contributed by atoms with E-state index >= 15 is 0 Å². The molecule has 1 amide bonds.